The van der Waals surface area contributed by atoms with Gasteiger partial charge in [0.2, 0.25) is 10.0 Å². The van der Waals surface area contributed by atoms with Crippen LogP contribution in [0.2, 0.25) is 0 Å². The first-order valence-electron chi connectivity index (χ1n) is 7.14. The van der Waals surface area contributed by atoms with Gasteiger partial charge in [0.1, 0.15) is 11.6 Å². The molecule has 0 atom stereocenters. The van der Waals surface area contributed by atoms with Crippen molar-refractivity contribution in [1.29, 1.82) is 0 Å². The molecule has 120 valence electrons. The number of nitrogens with one attached hydrogen (secondary N) is 1. The molecule has 1 aromatic heterocycles. The van der Waals surface area contributed by atoms with Crippen LogP contribution in [0.25, 0.3) is 0 Å². The Morgan fingerprint density at radius 3 is 2.59 bits per heavy atom. The molecule has 0 saturated heterocycles. The molecular weight excluding hydrogens is 305 g/mol. The van der Waals surface area contributed by atoms with E-state index in [4.69, 9.17) is 0 Å². The SMILES string of the molecule is CCS(=O)(=O)NCCc1ncc(C)n1Cc1ccc(F)cc1. The number of aryl methyl sites for hydroxylation is 1. The van der Waals surface area contributed by atoms with Gasteiger partial charge in [-0.05, 0) is 31.5 Å². The summed E-state index contributed by atoms with van der Waals surface area (Å²) >= 11 is 0. The Bertz CT molecular complexity index is 724. The second-order valence-electron chi connectivity index (χ2n) is 5.08. The van der Waals surface area contributed by atoms with Gasteiger partial charge in [-0.3, -0.25) is 0 Å². The molecule has 0 radical (unpaired) electrons. The monoisotopic (exact) mass is 325 g/mol. The van der Waals surface area contributed by atoms with Crippen molar-refractivity contribution in [2.45, 2.75) is 26.8 Å². The smallest absolute Gasteiger partial charge is 0.211 e. The topological polar surface area (TPSA) is 64.0 Å². The van der Waals surface area contributed by atoms with E-state index in [1.807, 2.05) is 11.5 Å². The van der Waals surface area contributed by atoms with Crippen molar-refractivity contribution in [3.63, 3.8) is 0 Å². The number of imidazole rings is 1. The van der Waals surface area contributed by atoms with Crippen molar-refractivity contribution < 1.29 is 12.8 Å². The van der Waals surface area contributed by atoms with E-state index in [1.165, 1.54) is 12.1 Å². The zero-order valence-electron chi connectivity index (χ0n) is 12.7. The normalized spacial score (nSPS) is 11.8. The minimum Gasteiger partial charge on any atom is -0.328 e. The molecule has 2 aromatic rings. The van der Waals surface area contributed by atoms with Crippen LogP contribution < -0.4 is 4.72 Å². The number of rotatable bonds is 7. The summed E-state index contributed by atoms with van der Waals surface area (Å²) in [6.45, 7) is 4.44. The second-order valence-corrected chi connectivity index (χ2v) is 7.17. The van der Waals surface area contributed by atoms with Crippen molar-refractivity contribution in [2.75, 3.05) is 12.3 Å². The highest BCUT2D eigenvalue weighted by Gasteiger charge is 2.10. The molecule has 22 heavy (non-hydrogen) atoms. The molecule has 1 heterocycles. The van der Waals surface area contributed by atoms with Crippen molar-refractivity contribution in [1.82, 2.24) is 14.3 Å². The zero-order chi connectivity index (χ0) is 16.2. The molecule has 1 aromatic carbocycles. The molecule has 0 spiro atoms. The Kier molecular flexibility index (Phi) is 5.31. The van der Waals surface area contributed by atoms with E-state index < -0.39 is 10.0 Å². The van der Waals surface area contributed by atoms with Gasteiger partial charge in [-0.1, -0.05) is 12.1 Å². The molecule has 0 saturated carbocycles. The fourth-order valence-electron chi connectivity index (χ4n) is 2.12. The Morgan fingerprint density at radius 1 is 1.27 bits per heavy atom. The predicted molar refractivity (Wildman–Crippen MR) is 83.6 cm³/mol. The molecule has 2 rings (SSSR count). The van der Waals surface area contributed by atoms with E-state index >= 15 is 0 Å². The summed E-state index contributed by atoms with van der Waals surface area (Å²) in [6.07, 6.45) is 2.27. The first kappa shape index (κ1) is 16.6. The molecule has 0 unspecified atom stereocenters. The summed E-state index contributed by atoms with van der Waals surface area (Å²) in [5.74, 6) is 0.608. The number of sulfonamides is 1. The van der Waals surface area contributed by atoms with Gasteiger partial charge in [0, 0.05) is 31.4 Å². The van der Waals surface area contributed by atoms with E-state index in [2.05, 4.69) is 9.71 Å². The summed E-state index contributed by atoms with van der Waals surface area (Å²) in [4.78, 5) is 4.33. The lowest BCUT2D eigenvalue weighted by Crippen LogP contribution is -2.28. The number of hydrogen-bond donors (Lipinski definition) is 1. The van der Waals surface area contributed by atoms with Gasteiger partial charge >= 0.3 is 0 Å². The second kappa shape index (κ2) is 7.02. The highest BCUT2D eigenvalue weighted by atomic mass is 32.2. The van der Waals surface area contributed by atoms with Crippen LogP contribution in [0.15, 0.2) is 30.5 Å². The Labute approximate surface area is 130 Å². The Morgan fingerprint density at radius 2 is 1.95 bits per heavy atom. The molecular formula is C15H20FN3O2S. The van der Waals surface area contributed by atoms with Gasteiger partial charge in [0.25, 0.3) is 0 Å². The maximum Gasteiger partial charge on any atom is 0.211 e. The molecule has 0 fully saturated rings. The first-order chi connectivity index (χ1) is 10.4. The van der Waals surface area contributed by atoms with Crippen LogP contribution in [-0.2, 0) is 23.0 Å². The molecule has 0 aliphatic heterocycles. The van der Waals surface area contributed by atoms with E-state index in [1.54, 1.807) is 25.3 Å². The average molecular weight is 325 g/mol. The van der Waals surface area contributed by atoms with Gasteiger partial charge in [-0.2, -0.15) is 0 Å². The minimum absolute atomic E-state index is 0.0655. The lowest BCUT2D eigenvalue weighted by atomic mass is 10.2. The third-order valence-electron chi connectivity index (χ3n) is 3.44. The third-order valence-corrected chi connectivity index (χ3v) is 4.85. The third kappa shape index (κ3) is 4.38. The van der Waals surface area contributed by atoms with Crippen LogP contribution in [-0.4, -0.2) is 30.3 Å². The summed E-state index contributed by atoms with van der Waals surface area (Å²) in [5, 5.41) is 0. The van der Waals surface area contributed by atoms with Crippen LogP contribution in [0.1, 0.15) is 24.0 Å². The Hall–Kier alpha value is -1.73. The van der Waals surface area contributed by atoms with Crippen LogP contribution in [0.5, 0.6) is 0 Å². The molecule has 5 nitrogen and oxygen atoms in total. The fraction of sp³-hybridized carbons (Fsp3) is 0.400. The van der Waals surface area contributed by atoms with Crippen molar-refractivity contribution in [3.8, 4) is 0 Å². The molecule has 0 amide bonds. The summed E-state index contributed by atoms with van der Waals surface area (Å²) in [7, 11) is -3.19. The summed E-state index contributed by atoms with van der Waals surface area (Å²) in [5.41, 5.74) is 1.95. The lowest BCUT2D eigenvalue weighted by molar-refractivity contribution is 0.580. The number of benzene rings is 1. The van der Waals surface area contributed by atoms with Gasteiger partial charge in [-0.15, -0.1) is 0 Å². The fourth-order valence-corrected chi connectivity index (χ4v) is 2.74. The lowest BCUT2D eigenvalue weighted by Gasteiger charge is -2.11. The quantitative estimate of drug-likeness (QED) is 0.845. The highest BCUT2D eigenvalue weighted by Crippen LogP contribution is 2.11. The zero-order valence-corrected chi connectivity index (χ0v) is 13.5. The maximum atomic E-state index is 13.0. The summed E-state index contributed by atoms with van der Waals surface area (Å²) in [6, 6.07) is 6.32. The van der Waals surface area contributed by atoms with E-state index in [-0.39, 0.29) is 11.6 Å². The van der Waals surface area contributed by atoms with Crippen LogP contribution in [0.4, 0.5) is 4.39 Å². The van der Waals surface area contributed by atoms with Gasteiger partial charge < -0.3 is 4.57 Å². The number of halogens is 1. The van der Waals surface area contributed by atoms with Crippen molar-refractivity contribution in [3.05, 3.63) is 53.4 Å². The number of aromatic nitrogens is 2. The minimum atomic E-state index is -3.19. The standard InChI is InChI=1S/C15H20FN3O2S/c1-3-22(20,21)18-9-8-15-17-10-12(2)19(15)11-13-4-6-14(16)7-5-13/h4-7,10,18H,3,8-9,11H2,1-2H3. The average Bonchev–Trinajstić information content (AvgIpc) is 2.82. The van der Waals surface area contributed by atoms with E-state index in [0.29, 0.717) is 19.5 Å². The van der Waals surface area contributed by atoms with Crippen molar-refractivity contribution >= 4 is 10.0 Å². The van der Waals surface area contributed by atoms with E-state index in [9.17, 15) is 12.8 Å². The van der Waals surface area contributed by atoms with E-state index in [0.717, 1.165) is 17.1 Å². The van der Waals surface area contributed by atoms with Crippen LogP contribution in [0, 0.1) is 12.7 Å². The predicted octanol–water partition coefficient (Wildman–Crippen LogP) is 1.86. The molecule has 0 bridgehead atoms. The number of hydrogen-bond acceptors (Lipinski definition) is 3. The van der Waals surface area contributed by atoms with Crippen LogP contribution >= 0.6 is 0 Å². The molecule has 1 N–H and O–H groups in total. The van der Waals surface area contributed by atoms with Gasteiger partial charge in [-0.25, -0.2) is 22.5 Å². The van der Waals surface area contributed by atoms with Gasteiger partial charge in [0.05, 0.1) is 5.75 Å². The maximum absolute atomic E-state index is 13.0. The van der Waals surface area contributed by atoms with Crippen molar-refractivity contribution in [2.24, 2.45) is 0 Å². The number of nitrogens with zero attached hydrogens (tertiary/aromatic N) is 2. The van der Waals surface area contributed by atoms with Gasteiger partial charge in [0.15, 0.2) is 0 Å². The first-order valence-corrected chi connectivity index (χ1v) is 8.79. The largest absolute Gasteiger partial charge is 0.328 e. The molecule has 0 aliphatic rings. The highest BCUT2D eigenvalue weighted by molar-refractivity contribution is 7.89. The Balaban J connectivity index is 2.06. The van der Waals surface area contributed by atoms with Crippen LogP contribution in [0.3, 0.4) is 0 Å². The molecule has 0 aliphatic carbocycles. The summed E-state index contributed by atoms with van der Waals surface area (Å²) < 4.78 is 40.4. The molecule has 7 heteroatoms.